The number of amides is 4. The molecule has 4 amide bonds. The quantitative estimate of drug-likeness (QED) is 0.601. The minimum Gasteiger partial charge on any atom is -0.382 e. The number of carbonyl (C=O) groups is 3. The van der Waals surface area contributed by atoms with E-state index in [2.05, 4.69) is 5.32 Å². The molecule has 0 aromatic rings. The summed E-state index contributed by atoms with van der Waals surface area (Å²) in [4.78, 5) is 35.1. The lowest BCUT2D eigenvalue weighted by atomic mass is 10.1. The van der Waals surface area contributed by atoms with E-state index in [-0.39, 0.29) is 0 Å². The molecule has 0 saturated carbocycles. The first kappa shape index (κ1) is 16.2. The molecule has 1 heterocycles. The Hall–Kier alpha value is -1.84. The van der Waals surface area contributed by atoms with Crippen molar-refractivity contribution in [2.45, 2.75) is 31.7 Å². The predicted molar refractivity (Wildman–Crippen MR) is 59.4 cm³/mol. The van der Waals surface area contributed by atoms with E-state index in [1.165, 1.54) is 13.8 Å². The van der Waals surface area contributed by atoms with Crippen LogP contribution in [0.3, 0.4) is 0 Å². The monoisotopic (exact) mass is 297 g/mol. The first-order valence-corrected chi connectivity index (χ1v) is 5.60. The fourth-order valence-corrected chi connectivity index (χ4v) is 1.49. The lowest BCUT2D eigenvalue weighted by Crippen LogP contribution is -2.46. The van der Waals surface area contributed by atoms with E-state index in [1.54, 1.807) is 5.32 Å². The van der Waals surface area contributed by atoms with Gasteiger partial charge in [0.15, 0.2) is 6.10 Å². The molecule has 10 heteroatoms. The number of alkyl halides is 3. The molecule has 3 N–H and O–H groups in total. The number of aliphatic hydroxyl groups excluding tert-OH is 1. The van der Waals surface area contributed by atoms with Gasteiger partial charge in [-0.3, -0.25) is 14.5 Å². The molecular formula is C10H14F3N3O4. The van der Waals surface area contributed by atoms with Crippen molar-refractivity contribution in [2.24, 2.45) is 0 Å². The van der Waals surface area contributed by atoms with E-state index < -0.39 is 48.8 Å². The van der Waals surface area contributed by atoms with E-state index in [0.29, 0.717) is 4.90 Å². The van der Waals surface area contributed by atoms with Gasteiger partial charge in [0, 0.05) is 0 Å². The van der Waals surface area contributed by atoms with Crippen LogP contribution >= 0.6 is 0 Å². The Balaban J connectivity index is 2.52. The SMILES string of the molecule is CC1(C)NC(=O)N(CC(=O)NCC(O)C(F)(F)F)C1=O. The minimum atomic E-state index is -4.85. The van der Waals surface area contributed by atoms with E-state index in [0.717, 1.165) is 0 Å². The number of aliphatic hydroxyl groups is 1. The summed E-state index contributed by atoms with van der Waals surface area (Å²) in [5.41, 5.74) is -1.16. The molecule has 0 radical (unpaired) electrons. The van der Waals surface area contributed by atoms with Crippen LogP contribution < -0.4 is 10.6 Å². The second-order valence-electron chi connectivity index (χ2n) is 4.81. The van der Waals surface area contributed by atoms with Crippen LogP contribution in [0.15, 0.2) is 0 Å². The maximum absolute atomic E-state index is 12.0. The summed E-state index contributed by atoms with van der Waals surface area (Å²) in [7, 11) is 0. The number of urea groups is 1. The summed E-state index contributed by atoms with van der Waals surface area (Å²) in [5, 5.41) is 12.8. The van der Waals surface area contributed by atoms with Gasteiger partial charge in [-0.1, -0.05) is 0 Å². The zero-order valence-electron chi connectivity index (χ0n) is 10.7. The second-order valence-corrected chi connectivity index (χ2v) is 4.81. The molecule has 0 aromatic heterocycles. The zero-order valence-corrected chi connectivity index (χ0v) is 10.7. The van der Waals surface area contributed by atoms with E-state index in [1.807, 2.05) is 0 Å². The van der Waals surface area contributed by atoms with Crippen LogP contribution in [-0.4, -0.2) is 58.8 Å². The van der Waals surface area contributed by atoms with Crippen LogP contribution in [-0.2, 0) is 9.59 Å². The Morgan fingerprint density at radius 3 is 2.40 bits per heavy atom. The van der Waals surface area contributed by atoms with Gasteiger partial charge in [0.25, 0.3) is 5.91 Å². The van der Waals surface area contributed by atoms with Gasteiger partial charge in [-0.2, -0.15) is 13.2 Å². The summed E-state index contributed by atoms with van der Waals surface area (Å²) >= 11 is 0. The highest BCUT2D eigenvalue weighted by atomic mass is 19.4. The molecule has 1 atom stereocenters. The lowest BCUT2D eigenvalue weighted by molar-refractivity contribution is -0.201. The number of imide groups is 1. The van der Waals surface area contributed by atoms with Crippen molar-refractivity contribution in [1.29, 1.82) is 0 Å². The zero-order chi connectivity index (χ0) is 15.7. The third-order valence-electron chi connectivity index (χ3n) is 2.62. The van der Waals surface area contributed by atoms with Crippen LogP contribution in [0.25, 0.3) is 0 Å². The molecule has 1 saturated heterocycles. The third kappa shape index (κ3) is 3.59. The van der Waals surface area contributed by atoms with Crippen molar-refractivity contribution < 1.29 is 32.7 Å². The van der Waals surface area contributed by atoms with Gasteiger partial charge in [0.1, 0.15) is 12.1 Å². The lowest BCUT2D eigenvalue weighted by Gasteiger charge is -2.17. The van der Waals surface area contributed by atoms with Crippen molar-refractivity contribution in [3.63, 3.8) is 0 Å². The van der Waals surface area contributed by atoms with Gasteiger partial charge in [0.05, 0.1) is 6.54 Å². The number of halogens is 3. The molecule has 1 rings (SSSR count). The topological polar surface area (TPSA) is 98.7 Å². The molecule has 7 nitrogen and oxygen atoms in total. The van der Waals surface area contributed by atoms with Gasteiger partial charge in [-0.05, 0) is 13.8 Å². The van der Waals surface area contributed by atoms with Gasteiger partial charge in [0.2, 0.25) is 5.91 Å². The number of nitrogens with zero attached hydrogens (tertiary/aromatic N) is 1. The highest BCUT2D eigenvalue weighted by molar-refractivity contribution is 6.08. The van der Waals surface area contributed by atoms with E-state index >= 15 is 0 Å². The smallest absolute Gasteiger partial charge is 0.382 e. The van der Waals surface area contributed by atoms with E-state index in [9.17, 15) is 27.6 Å². The van der Waals surface area contributed by atoms with Gasteiger partial charge in [-0.15, -0.1) is 0 Å². The van der Waals surface area contributed by atoms with Crippen LogP contribution in [0.4, 0.5) is 18.0 Å². The molecule has 0 bridgehead atoms. The molecule has 0 aromatic carbocycles. The Labute approximate surface area is 112 Å². The summed E-state index contributed by atoms with van der Waals surface area (Å²) in [6.07, 6.45) is -7.55. The normalized spacial score (nSPS) is 19.8. The fraction of sp³-hybridized carbons (Fsp3) is 0.700. The fourth-order valence-electron chi connectivity index (χ4n) is 1.49. The Morgan fingerprint density at radius 1 is 1.45 bits per heavy atom. The van der Waals surface area contributed by atoms with Crippen molar-refractivity contribution in [3.05, 3.63) is 0 Å². The number of hydrogen-bond donors (Lipinski definition) is 3. The van der Waals surface area contributed by atoms with Crippen LogP contribution in [0.5, 0.6) is 0 Å². The van der Waals surface area contributed by atoms with Crippen LogP contribution in [0, 0.1) is 0 Å². The van der Waals surface area contributed by atoms with Gasteiger partial charge < -0.3 is 15.7 Å². The summed E-state index contributed by atoms with van der Waals surface area (Å²) in [5.74, 6) is -1.64. The molecule has 1 aliphatic heterocycles. The predicted octanol–water partition coefficient (Wildman–Crippen LogP) is -0.644. The third-order valence-corrected chi connectivity index (χ3v) is 2.62. The highest BCUT2D eigenvalue weighted by Gasteiger charge is 2.45. The Morgan fingerprint density at radius 2 is 2.00 bits per heavy atom. The average Bonchev–Trinajstić information content (AvgIpc) is 2.47. The number of carbonyl (C=O) groups excluding carboxylic acids is 3. The summed E-state index contributed by atoms with van der Waals surface area (Å²) in [6, 6.07) is -0.800. The Bertz CT molecular complexity index is 436. The van der Waals surface area contributed by atoms with Crippen LogP contribution in [0.1, 0.15) is 13.8 Å². The first-order chi connectivity index (χ1) is 8.95. The Kier molecular flexibility index (Phi) is 4.27. The molecule has 0 aliphatic carbocycles. The number of hydrogen-bond acceptors (Lipinski definition) is 4. The highest BCUT2D eigenvalue weighted by Crippen LogP contribution is 2.19. The number of nitrogens with one attached hydrogen (secondary N) is 2. The van der Waals surface area contributed by atoms with Gasteiger partial charge >= 0.3 is 12.2 Å². The van der Waals surface area contributed by atoms with Gasteiger partial charge in [-0.25, -0.2) is 4.79 Å². The van der Waals surface area contributed by atoms with Crippen LogP contribution in [0.2, 0.25) is 0 Å². The molecule has 1 aliphatic rings. The maximum Gasteiger partial charge on any atom is 0.416 e. The molecular weight excluding hydrogens is 283 g/mol. The standard InChI is InChI=1S/C10H14F3N3O4/c1-9(2)7(19)16(8(20)15-9)4-6(18)14-3-5(17)10(11,12)13/h5,17H,3-4H2,1-2H3,(H,14,18)(H,15,20). The minimum absolute atomic E-state index is 0.593. The summed E-state index contributed by atoms with van der Waals surface area (Å²) < 4.78 is 36.0. The average molecular weight is 297 g/mol. The number of rotatable bonds is 4. The first-order valence-electron chi connectivity index (χ1n) is 5.60. The van der Waals surface area contributed by atoms with E-state index in [4.69, 9.17) is 5.11 Å². The molecule has 0 spiro atoms. The molecule has 1 fully saturated rings. The van der Waals surface area contributed by atoms with Crippen molar-refractivity contribution >= 4 is 17.8 Å². The molecule has 114 valence electrons. The van der Waals surface area contributed by atoms with Crippen molar-refractivity contribution in [3.8, 4) is 0 Å². The van der Waals surface area contributed by atoms with Crippen molar-refractivity contribution in [1.82, 2.24) is 15.5 Å². The molecule has 20 heavy (non-hydrogen) atoms. The molecule has 1 unspecified atom stereocenters. The summed E-state index contributed by atoms with van der Waals surface area (Å²) in [6.45, 7) is 1.10. The van der Waals surface area contributed by atoms with Crippen molar-refractivity contribution in [2.75, 3.05) is 13.1 Å². The maximum atomic E-state index is 12.0. The second kappa shape index (κ2) is 5.27. The largest absolute Gasteiger partial charge is 0.416 e.